The normalized spacial score (nSPS) is 26.3. The van der Waals surface area contributed by atoms with Crippen LogP contribution in [0, 0.1) is 12.8 Å². The summed E-state index contributed by atoms with van der Waals surface area (Å²) in [6.07, 6.45) is 2.38. The quantitative estimate of drug-likeness (QED) is 0.946. The van der Waals surface area contributed by atoms with Crippen LogP contribution in [0.4, 0.5) is 0 Å². The Labute approximate surface area is 129 Å². The molecule has 4 nitrogen and oxygen atoms in total. The maximum absolute atomic E-state index is 12.3. The fourth-order valence-corrected chi connectivity index (χ4v) is 3.39. The molecule has 2 heterocycles. The van der Waals surface area contributed by atoms with Gasteiger partial charge in [0.1, 0.15) is 11.5 Å². The van der Waals surface area contributed by atoms with Gasteiger partial charge in [-0.15, -0.1) is 0 Å². The summed E-state index contributed by atoms with van der Waals surface area (Å²) in [4.78, 5) is 12.3. The molecule has 1 amide bonds. The maximum Gasteiger partial charge on any atom is 0.251 e. The molecule has 2 fully saturated rings. The standard InChI is InChI=1S/C18H19NO3/c1-11-2-7-16(22-11)12-3-5-13(6-4-12)18(20)19-15-10-17-14(15)8-9-21-17/h2-7,14-15,17H,8-10H2,1H3,(H,19,20)/t14-,15+,17+/m1/s1. The van der Waals surface area contributed by atoms with E-state index in [9.17, 15) is 4.79 Å². The number of rotatable bonds is 3. The SMILES string of the molecule is Cc1ccc(-c2ccc(C(=O)N[C@H]3C[C@@H]4OCC[C@H]34)cc2)o1. The van der Waals surface area contributed by atoms with Gasteiger partial charge < -0.3 is 14.5 Å². The van der Waals surface area contributed by atoms with Gasteiger partial charge in [0.05, 0.1) is 6.10 Å². The summed E-state index contributed by atoms with van der Waals surface area (Å²) in [6.45, 7) is 2.75. The molecule has 0 spiro atoms. The Morgan fingerprint density at radius 2 is 2.00 bits per heavy atom. The maximum atomic E-state index is 12.3. The Balaban J connectivity index is 1.43. The molecule has 114 valence electrons. The van der Waals surface area contributed by atoms with Crippen LogP contribution < -0.4 is 5.32 Å². The molecule has 1 saturated heterocycles. The number of furan rings is 1. The molecule has 1 aromatic heterocycles. The Morgan fingerprint density at radius 3 is 2.68 bits per heavy atom. The number of hydrogen-bond acceptors (Lipinski definition) is 3. The Bertz CT molecular complexity index is 689. The van der Waals surface area contributed by atoms with E-state index >= 15 is 0 Å². The van der Waals surface area contributed by atoms with E-state index in [4.69, 9.17) is 9.15 Å². The minimum Gasteiger partial charge on any atom is -0.461 e. The van der Waals surface area contributed by atoms with Gasteiger partial charge in [0.2, 0.25) is 0 Å². The van der Waals surface area contributed by atoms with E-state index in [0.29, 0.717) is 17.6 Å². The predicted molar refractivity (Wildman–Crippen MR) is 82.6 cm³/mol. The van der Waals surface area contributed by atoms with Crippen molar-refractivity contribution in [1.29, 1.82) is 0 Å². The molecular weight excluding hydrogens is 278 g/mol. The van der Waals surface area contributed by atoms with Crippen molar-refractivity contribution in [2.75, 3.05) is 6.61 Å². The van der Waals surface area contributed by atoms with Gasteiger partial charge in [-0.05, 0) is 44.0 Å². The molecule has 1 saturated carbocycles. The average Bonchev–Trinajstić information content (AvgIpc) is 3.11. The number of fused-ring (bicyclic) bond motifs is 1. The highest BCUT2D eigenvalue weighted by atomic mass is 16.5. The van der Waals surface area contributed by atoms with Crippen LogP contribution in [0.1, 0.15) is 29.0 Å². The van der Waals surface area contributed by atoms with Gasteiger partial charge in [-0.1, -0.05) is 12.1 Å². The Morgan fingerprint density at radius 1 is 1.18 bits per heavy atom. The van der Waals surface area contributed by atoms with E-state index in [1.165, 1.54) is 0 Å². The van der Waals surface area contributed by atoms with Crippen molar-refractivity contribution in [3.63, 3.8) is 0 Å². The zero-order chi connectivity index (χ0) is 15.1. The highest BCUT2D eigenvalue weighted by Crippen LogP contribution is 2.38. The summed E-state index contributed by atoms with van der Waals surface area (Å²) in [5.41, 5.74) is 1.67. The smallest absolute Gasteiger partial charge is 0.251 e. The van der Waals surface area contributed by atoms with Crippen molar-refractivity contribution < 1.29 is 13.9 Å². The van der Waals surface area contributed by atoms with Crippen LogP contribution in [0.25, 0.3) is 11.3 Å². The van der Waals surface area contributed by atoms with Crippen molar-refractivity contribution in [2.24, 2.45) is 5.92 Å². The van der Waals surface area contributed by atoms with Crippen LogP contribution in [0.15, 0.2) is 40.8 Å². The second-order valence-corrected chi connectivity index (χ2v) is 6.17. The molecule has 0 unspecified atom stereocenters. The number of aryl methyl sites for hydroxylation is 1. The van der Waals surface area contributed by atoms with Crippen molar-refractivity contribution in [1.82, 2.24) is 5.32 Å². The first-order valence-corrected chi connectivity index (χ1v) is 7.80. The number of nitrogens with one attached hydrogen (secondary N) is 1. The zero-order valence-corrected chi connectivity index (χ0v) is 12.5. The van der Waals surface area contributed by atoms with E-state index in [-0.39, 0.29) is 11.9 Å². The summed E-state index contributed by atoms with van der Waals surface area (Å²) in [5, 5.41) is 3.13. The van der Waals surface area contributed by atoms with Crippen molar-refractivity contribution >= 4 is 5.91 Å². The van der Waals surface area contributed by atoms with Gasteiger partial charge >= 0.3 is 0 Å². The molecule has 0 bridgehead atoms. The van der Waals surface area contributed by atoms with Gasteiger partial charge in [-0.2, -0.15) is 0 Å². The lowest BCUT2D eigenvalue weighted by atomic mass is 9.76. The summed E-state index contributed by atoms with van der Waals surface area (Å²) in [6, 6.07) is 11.7. The van der Waals surface area contributed by atoms with Crippen LogP contribution in [0.5, 0.6) is 0 Å². The molecule has 1 aliphatic carbocycles. The van der Waals surface area contributed by atoms with Crippen molar-refractivity contribution in [3.05, 3.63) is 47.7 Å². The summed E-state index contributed by atoms with van der Waals surface area (Å²) >= 11 is 0. The number of amides is 1. The van der Waals surface area contributed by atoms with Gasteiger partial charge in [-0.3, -0.25) is 4.79 Å². The summed E-state index contributed by atoms with van der Waals surface area (Å²) < 4.78 is 11.2. The Kier molecular flexibility index (Phi) is 3.26. The van der Waals surface area contributed by atoms with Crippen LogP contribution in [0.3, 0.4) is 0 Å². The molecule has 22 heavy (non-hydrogen) atoms. The number of ether oxygens (including phenoxy) is 1. The van der Waals surface area contributed by atoms with Crippen LogP contribution in [0.2, 0.25) is 0 Å². The van der Waals surface area contributed by atoms with Crippen molar-refractivity contribution in [3.8, 4) is 11.3 Å². The summed E-state index contributed by atoms with van der Waals surface area (Å²) in [5.74, 6) is 2.22. The summed E-state index contributed by atoms with van der Waals surface area (Å²) in [7, 11) is 0. The van der Waals surface area contributed by atoms with E-state index in [2.05, 4.69) is 5.32 Å². The number of carbonyl (C=O) groups is 1. The van der Waals surface area contributed by atoms with Crippen LogP contribution >= 0.6 is 0 Å². The zero-order valence-electron chi connectivity index (χ0n) is 12.5. The molecule has 1 N–H and O–H groups in total. The van der Waals surface area contributed by atoms with Crippen molar-refractivity contribution in [2.45, 2.75) is 31.9 Å². The second-order valence-electron chi connectivity index (χ2n) is 6.17. The largest absolute Gasteiger partial charge is 0.461 e. The highest BCUT2D eigenvalue weighted by Gasteiger charge is 2.45. The fraction of sp³-hybridized carbons (Fsp3) is 0.389. The molecule has 2 aliphatic rings. The molecule has 2 aromatic rings. The lowest BCUT2D eigenvalue weighted by molar-refractivity contribution is 0.00810. The van der Waals surface area contributed by atoms with E-state index in [0.717, 1.165) is 36.5 Å². The lowest BCUT2D eigenvalue weighted by Crippen LogP contribution is -2.53. The highest BCUT2D eigenvalue weighted by molar-refractivity contribution is 5.94. The topological polar surface area (TPSA) is 51.5 Å². The van der Waals surface area contributed by atoms with Gasteiger partial charge in [0.15, 0.2) is 0 Å². The first-order chi connectivity index (χ1) is 10.7. The molecule has 3 atom stereocenters. The predicted octanol–water partition coefficient (Wildman–Crippen LogP) is 3.16. The number of carbonyl (C=O) groups excluding carboxylic acids is 1. The fourth-order valence-electron chi connectivity index (χ4n) is 3.39. The molecule has 0 radical (unpaired) electrons. The molecule has 4 heteroatoms. The second kappa shape index (κ2) is 5.29. The third kappa shape index (κ3) is 2.33. The third-order valence-electron chi connectivity index (χ3n) is 4.75. The van der Waals surface area contributed by atoms with Crippen LogP contribution in [-0.4, -0.2) is 24.7 Å². The van der Waals surface area contributed by atoms with E-state index < -0.39 is 0 Å². The average molecular weight is 297 g/mol. The van der Waals surface area contributed by atoms with E-state index in [1.807, 2.05) is 43.3 Å². The lowest BCUT2D eigenvalue weighted by Gasteiger charge is -2.39. The van der Waals surface area contributed by atoms with Gasteiger partial charge in [-0.25, -0.2) is 0 Å². The molecule has 1 aliphatic heterocycles. The van der Waals surface area contributed by atoms with Gasteiger partial charge in [0.25, 0.3) is 5.91 Å². The third-order valence-corrected chi connectivity index (χ3v) is 4.75. The van der Waals surface area contributed by atoms with E-state index in [1.54, 1.807) is 0 Å². The monoisotopic (exact) mass is 297 g/mol. The minimum atomic E-state index is -0.00229. The number of hydrogen-bond donors (Lipinski definition) is 1. The van der Waals surface area contributed by atoms with Gasteiger partial charge in [0, 0.05) is 29.7 Å². The molecule has 1 aromatic carbocycles. The first-order valence-electron chi connectivity index (χ1n) is 7.80. The molecular formula is C18H19NO3. The minimum absolute atomic E-state index is 0.00229. The molecule has 4 rings (SSSR count). The number of benzene rings is 1. The first kappa shape index (κ1) is 13.6. The Hall–Kier alpha value is -2.07. The van der Waals surface area contributed by atoms with Crippen LogP contribution in [-0.2, 0) is 4.74 Å².